The Bertz CT molecular complexity index is 404. The Morgan fingerprint density at radius 1 is 1.35 bits per heavy atom. The minimum Gasteiger partial charge on any atom is -0.469 e. The second-order valence-electron chi connectivity index (χ2n) is 6.76. The number of ether oxygens (including phenoxy) is 2. The van der Waals surface area contributed by atoms with Crippen molar-refractivity contribution in [1.29, 1.82) is 0 Å². The van der Waals surface area contributed by atoms with Crippen molar-refractivity contribution in [2.75, 3.05) is 20.2 Å². The molecule has 0 aromatic heterocycles. The summed E-state index contributed by atoms with van der Waals surface area (Å²) in [7, 11) is 1.42. The standard InChI is InChI=1S/C14H24N2O4/c1-13(2,3)20-12(18)16-10-5-9-7-15-8-14(9,6-10)11(17)19-4/h9-10,15H,5-8H2,1-4H3,(H,16,18)/t9-,10-,14+/m0/s1. The molecule has 114 valence electrons. The number of rotatable bonds is 2. The van der Waals surface area contributed by atoms with Gasteiger partial charge in [-0.2, -0.15) is 0 Å². The lowest BCUT2D eigenvalue weighted by Crippen LogP contribution is -2.41. The lowest BCUT2D eigenvalue weighted by Gasteiger charge is -2.25. The molecule has 2 rings (SSSR count). The Morgan fingerprint density at radius 2 is 2.05 bits per heavy atom. The molecule has 0 spiro atoms. The van der Waals surface area contributed by atoms with Crippen LogP contribution in [0.1, 0.15) is 33.6 Å². The van der Waals surface area contributed by atoms with Crippen LogP contribution in [-0.4, -0.2) is 43.9 Å². The molecule has 1 saturated heterocycles. The third-order valence-electron chi connectivity index (χ3n) is 4.11. The maximum absolute atomic E-state index is 12.1. The Morgan fingerprint density at radius 3 is 2.65 bits per heavy atom. The van der Waals surface area contributed by atoms with Gasteiger partial charge in [-0.1, -0.05) is 0 Å². The first-order valence-electron chi connectivity index (χ1n) is 7.05. The fraction of sp³-hybridized carbons (Fsp3) is 0.857. The molecule has 1 saturated carbocycles. The highest BCUT2D eigenvalue weighted by molar-refractivity contribution is 5.79. The van der Waals surface area contributed by atoms with E-state index in [0.29, 0.717) is 13.0 Å². The zero-order chi connectivity index (χ0) is 15.0. The summed E-state index contributed by atoms with van der Waals surface area (Å²) in [5.74, 6) is 0.0378. The SMILES string of the molecule is COC(=O)[C@]12CNC[C@@H]1C[C@H](NC(=O)OC(C)(C)C)C2. The van der Waals surface area contributed by atoms with Crippen LogP contribution >= 0.6 is 0 Å². The zero-order valence-corrected chi connectivity index (χ0v) is 12.6. The van der Waals surface area contributed by atoms with Gasteiger partial charge in [-0.25, -0.2) is 4.79 Å². The number of methoxy groups -OCH3 is 1. The van der Waals surface area contributed by atoms with Crippen LogP contribution < -0.4 is 10.6 Å². The van der Waals surface area contributed by atoms with Crippen LogP contribution in [0, 0.1) is 11.3 Å². The van der Waals surface area contributed by atoms with E-state index in [2.05, 4.69) is 10.6 Å². The van der Waals surface area contributed by atoms with E-state index in [1.807, 2.05) is 20.8 Å². The van der Waals surface area contributed by atoms with Crippen LogP contribution in [0.5, 0.6) is 0 Å². The van der Waals surface area contributed by atoms with Gasteiger partial charge in [0.05, 0.1) is 12.5 Å². The summed E-state index contributed by atoms with van der Waals surface area (Å²) >= 11 is 0. The van der Waals surface area contributed by atoms with Crippen LogP contribution in [0.4, 0.5) is 4.79 Å². The summed E-state index contributed by atoms with van der Waals surface area (Å²) in [6.45, 7) is 6.90. The minimum atomic E-state index is -0.514. The highest BCUT2D eigenvalue weighted by Gasteiger charge is 2.56. The van der Waals surface area contributed by atoms with Crippen molar-refractivity contribution < 1.29 is 19.1 Å². The first kappa shape index (κ1) is 15.1. The van der Waals surface area contributed by atoms with Gasteiger partial charge >= 0.3 is 12.1 Å². The minimum absolute atomic E-state index is 0.0314. The molecule has 0 aromatic rings. The number of hydrogen-bond donors (Lipinski definition) is 2. The highest BCUT2D eigenvalue weighted by atomic mass is 16.6. The number of nitrogens with one attached hydrogen (secondary N) is 2. The van der Waals surface area contributed by atoms with E-state index in [1.54, 1.807) is 0 Å². The van der Waals surface area contributed by atoms with Crippen LogP contribution in [0.25, 0.3) is 0 Å². The molecule has 6 heteroatoms. The maximum atomic E-state index is 12.1. The normalized spacial score (nSPS) is 32.6. The van der Waals surface area contributed by atoms with E-state index in [-0.39, 0.29) is 17.9 Å². The Hall–Kier alpha value is -1.30. The lowest BCUT2D eigenvalue weighted by molar-refractivity contribution is -0.153. The van der Waals surface area contributed by atoms with E-state index in [4.69, 9.17) is 9.47 Å². The molecule has 2 fully saturated rings. The van der Waals surface area contributed by atoms with Gasteiger partial charge in [0, 0.05) is 12.6 Å². The predicted molar refractivity (Wildman–Crippen MR) is 73.2 cm³/mol. The average molecular weight is 284 g/mol. The van der Waals surface area contributed by atoms with Crippen molar-refractivity contribution in [3.63, 3.8) is 0 Å². The zero-order valence-electron chi connectivity index (χ0n) is 12.6. The molecule has 6 nitrogen and oxygen atoms in total. The molecule has 2 aliphatic rings. The van der Waals surface area contributed by atoms with Crippen molar-refractivity contribution in [3.05, 3.63) is 0 Å². The molecule has 1 amide bonds. The van der Waals surface area contributed by atoms with Gasteiger partial charge in [0.25, 0.3) is 0 Å². The van der Waals surface area contributed by atoms with E-state index in [1.165, 1.54) is 7.11 Å². The summed E-state index contributed by atoms with van der Waals surface area (Å²) in [6, 6.07) is -0.0314. The molecule has 0 unspecified atom stereocenters. The number of hydrogen-bond acceptors (Lipinski definition) is 5. The smallest absolute Gasteiger partial charge is 0.407 e. The first-order valence-corrected chi connectivity index (χ1v) is 7.05. The van der Waals surface area contributed by atoms with Gasteiger partial charge in [0.2, 0.25) is 0 Å². The van der Waals surface area contributed by atoms with Crippen molar-refractivity contribution in [1.82, 2.24) is 10.6 Å². The quantitative estimate of drug-likeness (QED) is 0.741. The number of alkyl carbamates (subject to hydrolysis) is 1. The Kier molecular flexibility index (Phi) is 3.95. The van der Waals surface area contributed by atoms with Crippen molar-refractivity contribution >= 4 is 12.1 Å². The monoisotopic (exact) mass is 284 g/mol. The van der Waals surface area contributed by atoms with Gasteiger partial charge in [-0.05, 0) is 46.1 Å². The molecule has 0 radical (unpaired) electrons. The summed E-state index contributed by atoms with van der Waals surface area (Å²) in [6.07, 6.45) is 0.966. The van der Waals surface area contributed by atoms with E-state index >= 15 is 0 Å². The second kappa shape index (κ2) is 5.24. The summed E-state index contributed by atoms with van der Waals surface area (Å²) in [5, 5.41) is 6.12. The van der Waals surface area contributed by atoms with Crippen LogP contribution in [-0.2, 0) is 14.3 Å². The third-order valence-corrected chi connectivity index (χ3v) is 4.11. The van der Waals surface area contributed by atoms with Gasteiger partial charge in [-0.15, -0.1) is 0 Å². The Balaban J connectivity index is 1.98. The predicted octanol–water partition coefficient (Wildman–Crippen LogP) is 1.05. The first-order chi connectivity index (χ1) is 9.27. The van der Waals surface area contributed by atoms with E-state index < -0.39 is 17.1 Å². The number of fused-ring (bicyclic) bond motifs is 1. The molecule has 1 aliphatic carbocycles. The largest absolute Gasteiger partial charge is 0.469 e. The number of carbonyl (C=O) groups is 2. The molecule has 20 heavy (non-hydrogen) atoms. The number of carbonyl (C=O) groups excluding carboxylic acids is 2. The van der Waals surface area contributed by atoms with Crippen molar-refractivity contribution in [2.24, 2.45) is 11.3 Å². The van der Waals surface area contributed by atoms with E-state index in [9.17, 15) is 9.59 Å². The number of esters is 1. The fourth-order valence-electron chi connectivity index (χ4n) is 3.33. The van der Waals surface area contributed by atoms with Gasteiger partial charge in [0.1, 0.15) is 5.60 Å². The molecule has 1 heterocycles. The average Bonchev–Trinajstić information content (AvgIpc) is 2.82. The molecule has 0 aromatic carbocycles. The highest BCUT2D eigenvalue weighted by Crippen LogP contribution is 2.46. The summed E-state index contributed by atoms with van der Waals surface area (Å²) < 4.78 is 10.2. The van der Waals surface area contributed by atoms with Crippen LogP contribution in [0.2, 0.25) is 0 Å². The van der Waals surface area contributed by atoms with Crippen LogP contribution in [0.3, 0.4) is 0 Å². The fourth-order valence-corrected chi connectivity index (χ4v) is 3.33. The van der Waals surface area contributed by atoms with Gasteiger partial charge in [0.15, 0.2) is 0 Å². The van der Waals surface area contributed by atoms with Gasteiger partial charge < -0.3 is 20.1 Å². The van der Waals surface area contributed by atoms with Crippen molar-refractivity contribution in [3.8, 4) is 0 Å². The summed E-state index contributed by atoms with van der Waals surface area (Å²) in [5.41, 5.74) is -1.01. The maximum Gasteiger partial charge on any atom is 0.407 e. The van der Waals surface area contributed by atoms with Crippen LogP contribution in [0.15, 0.2) is 0 Å². The molecule has 1 aliphatic heterocycles. The lowest BCUT2D eigenvalue weighted by atomic mass is 9.81. The molecular formula is C14H24N2O4. The molecule has 3 atom stereocenters. The second-order valence-corrected chi connectivity index (χ2v) is 6.76. The topological polar surface area (TPSA) is 76.7 Å². The molecule has 2 N–H and O–H groups in total. The van der Waals surface area contributed by atoms with E-state index in [0.717, 1.165) is 13.0 Å². The van der Waals surface area contributed by atoms with Crippen molar-refractivity contribution in [2.45, 2.75) is 45.3 Å². The molecule has 0 bridgehead atoms. The summed E-state index contributed by atoms with van der Waals surface area (Å²) in [4.78, 5) is 23.9. The Labute approximate surface area is 119 Å². The van der Waals surface area contributed by atoms with Gasteiger partial charge in [-0.3, -0.25) is 4.79 Å². The third kappa shape index (κ3) is 2.90. The molecular weight excluding hydrogens is 260 g/mol. The number of amides is 1.